The van der Waals surface area contributed by atoms with E-state index in [1.54, 1.807) is 30.5 Å². The average Bonchev–Trinajstić information content (AvgIpc) is 3.59. The fourth-order valence-electron chi connectivity index (χ4n) is 4.33. The Morgan fingerprint density at radius 3 is 2.19 bits per heavy atom. The Labute approximate surface area is 221 Å². The minimum absolute atomic E-state index is 0.177. The molecule has 0 aliphatic heterocycles. The Kier molecular flexibility index (Phi) is 7.87. The Balaban J connectivity index is 1.17. The number of benzene rings is 1. The third-order valence-electron chi connectivity index (χ3n) is 6.16. The van der Waals surface area contributed by atoms with Gasteiger partial charge in [-0.05, 0) is 37.0 Å². The second-order valence-corrected chi connectivity index (χ2v) is 10.8. The first-order valence-electron chi connectivity index (χ1n) is 12.0. The summed E-state index contributed by atoms with van der Waals surface area (Å²) in [6.45, 7) is 0. The van der Waals surface area contributed by atoms with Crippen LogP contribution < -0.4 is 10.6 Å². The summed E-state index contributed by atoms with van der Waals surface area (Å²) in [5, 5.41) is 35.3. The van der Waals surface area contributed by atoms with Crippen molar-refractivity contribution in [1.29, 1.82) is 0 Å². The largest absolute Gasteiger partial charge is 0.378 e. The Hall–Kier alpha value is -3.61. The molecule has 2 amide bonds. The summed E-state index contributed by atoms with van der Waals surface area (Å²) in [6.07, 6.45) is 4.37. The number of amides is 2. The van der Waals surface area contributed by atoms with Gasteiger partial charge in [-0.3, -0.25) is 19.9 Å². The molecule has 4 aromatic rings. The van der Waals surface area contributed by atoms with Crippen molar-refractivity contribution in [3.05, 3.63) is 76.0 Å². The molecule has 3 N–H and O–H groups in total. The highest BCUT2D eigenvalue weighted by Crippen LogP contribution is 2.43. The standard InChI is InChI=1S/C25H25N7O3S2/c33-19(14-18-11-4-5-12-26-18)27-24-31-29-22(36-24)16-9-6-10-17(13-16)23-30-32-25(37-23)28-21(35)20(34)15-7-2-1-3-8-15/h1-5,7-8,11-12,16-17,20,34H,6,9-10,13-14H2,(H,27,31,33)(H,28,32,35)/t16-,17-,20-/m0/s1. The van der Waals surface area contributed by atoms with E-state index >= 15 is 0 Å². The predicted molar refractivity (Wildman–Crippen MR) is 140 cm³/mol. The van der Waals surface area contributed by atoms with E-state index in [1.807, 2.05) is 24.3 Å². The van der Waals surface area contributed by atoms with E-state index in [0.717, 1.165) is 35.7 Å². The van der Waals surface area contributed by atoms with Crippen LogP contribution in [-0.2, 0) is 16.0 Å². The maximum Gasteiger partial charge on any atom is 0.259 e. The number of carbonyl (C=O) groups is 2. The molecule has 5 rings (SSSR count). The minimum atomic E-state index is -1.27. The van der Waals surface area contributed by atoms with E-state index in [9.17, 15) is 14.7 Å². The van der Waals surface area contributed by atoms with E-state index in [2.05, 4.69) is 36.0 Å². The molecule has 37 heavy (non-hydrogen) atoms. The maximum absolute atomic E-state index is 12.4. The lowest BCUT2D eigenvalue weighted by Crippen LogP contribution is -2.20. The molecular weight excluding hydrogens is 510 g/mol. The van der Waals surface area contributed by atoms with E-state index in [0.29, 0.717) is 21.5 Å². The Morgan fingerprint density at radius 1 is 0.892 bits per heavy atom. The number of pyridine rings is 1. The number of aliphatic hydroxyl groups excluding tert-OH is 1. The lowest BCUT2D eigenvalue weighted by atomic mass is 9.82. The van der Waals surface area contributed by atoms with Crippen molar-refractivity contribution in [1.82, 2.24) is 25.4 Å². The summed E-state index contributed by atoms with van der Waals surface area (Å²) in [5.74, 6) is -0.322. The number of nitrogens with zero attached hydrogens (tertiary/aromatic N) is 5. The molecule has 0 unspecified atom stereocenters. The van der Waals surface area contributed by atoms with Crippen molar-refractivity contribution in [2.45, 2.75) is 50.0 Å². The molecule has 1 aliphatic carbocycles. The van der Waals surface area contributed by atoms with E-state index in [1.165, 1.54) is 22.7 Å². The molecular formula is C25H25N7O3S2. The summed E-state index contributed by atoms with van der Waals surface area (Å²) >= 11 is 2.73. The smallest absolute Gasteiger partial charge is 0.259 e. The monoisotopic (exact) mass is 535 g/mol. The molecule has 1 saturated carbocycles. The van der Waals surface area contributed by atoms with E-state index in [-0.39, 0.29) is 24.2 Å². The number of anilines is 2. The van der Waals surface area contributed by atoms with Crippen LogP contribution in [0.5, 0.6) is 0 Å². The molecule has 0 spiro atoms. The first-order valence-corrected chi connectivity index (χ1v) is 13.6. The zero-order valence-electron chi connectivity index (χ0n) is 19.8. The molecule has 0 radical (unpaired) electrons. The van der Waals surface area contributed by atoms with Gasteiger partial charge in [-0.25, -0.2) is 0 Å². The lowest BCUT2D eigenvalue weighted by Gasteiger charge is -2.25. The van der Waals surface area contributed by atoms with Crippen molar-refractivity contribution in [2.24, 2.45) is 0 Å². The zero-order chi connectivity index (χ0) is 25.6. The van der Waals surface area contributed by atoms with Crippen LogP contribution in [0.1, 0.15) is 64.9 Å². The summed E-state index contributed by atoms with van der Waals surface area (Å²) in [6, 6.07) is 14.2. The van der Waals surface area contributed by atoms with Gasteiger partial charge in [0.15, 0.2) is 6.10 Å². The van der Waals surface area contributed by atoms with Gasteiger partial charge in [-0.1, -0.05) is 65.5 Å². The topological polar surface area (TPSA) is 143 Å². The number of hydrogen-bond acceptors (Lipinski definition) is 10. The average molecular weight is 536 g/mol. The molecule has 0 saturated heterocycles. The minimum Gasteiger partial charge on any atom is -0.378 e. The highest BCUT2D eigenvalue weighted by Gasteiger charge is 2.30. The Bertz CT molecular complexity index is 1350. The van der Waals surface area contributed by atoms with E-state index in [4.69, 9.17) is 0 Å². The van der Waals surface area contributed by atoms with E-state index < -0.39 is 12.0 Å². The van der Waals surface area contributed by atoms with Gasteiger partial charge in [-0.15, -0.1) is 20.4 Å². The quantitative estimate of drug-likeness (QED) is 0.306. The van der Waals surface area contributed by atoms with Crippen LogP contribution in [-0.4, -0.2) is 42.3 Å². The van der Waals surface area contributed by atoms with Gasteiger partial charge in [0.2, 0.25) is 16.2 Å². The number of aliphatic hydroxyl groups is 1. The number of hydrogen-bond donors (Lipinski definition) is 3. The molecule has 1 fully saturated rings. The van der Waals surface area contributed by atoms with Gasteiger partial charge in [0.25, 0.3) is 5.91 Å². The van der Waals surface area contributed by atoms with Crippen LogP contribution in [0.3, 0.4) is 0 Å². The maximum atomic E-state index is 12.4. The first kappa shape index (κ1) is 25.1. The van der Waals surface area contributed by atoms with Crippen LogP contribution in [0.2, 0.25) is 0 Å². The molecule has 3 aromatic heterocycles. The molecule has 10 nitrogen and oxygen atoms in total. The molecule has 3 heterocycles. The molecule has 0 bridgehead atoms. The number of aromatic nitrogens is 5. The fraction of sp³-hybridized carbons (Fsp3) is 0.320. The van der Waals surface area contributed by atoms with Gasteiger partial charge in [0, 0.05) is 23.7 Å². The van der Waals surface area contributed by atoms with Crippen molar-refractivity contribution in [2.75, 3.05) is 10.6 Å². The van der Waals surface area contributed by atoms with Gasteiger partial charge >= 0.3 is 0 Å². The van der Waals surface area contributed by atoms with Crippen LogP contribution in [0, 0.1) is 0 Å². The van der Waals surface area contributed by atoms with Crippen molar-refractivity contribution >= 4 is 44.8 Å². The van der Waals surface area contributed by atoms with Gasteiger partial charge in [0.1, 0.15) is 10.0 Å². The van der Waals surface area contributed by atoms with Gasteiger partial charge in [0.05, 0.1) is 6.42 Å². The summed E-state index contributed by atoms with van der Waals surface area (Å²) in [4.78, 5) is 29.0. The Morgan fingerprint density at radius 2 is 1.54 bits per heavy atom. The number of carbonyl (C=O) groups excluding carboxylic acids is 2. The van der Waals surface area contributed by atoms with Crippen molar-refractivity contribution in [3.63, 3.8) is 0 Å². The second-order valence-electron chi connectivity index (χ2n) is 8.80. The highest BCUT2D eigenvalue weighted by molar-refractivity contribution is 7.15. The zero-order valence-corrected chi connectivity index (χ0v) is 21.4. The van der Waals surface area contributed by atoms with Crippen LogP contribution >= 0.6 is 22.7 Å². The first-order chi connectivity index (χ1) is 18.0. The molecule has 1 aromatic carbocycles. The summed E-state index contributed by atoms with van der Waals surface area (Å²) in [7, 11) is 0. The van der Waals surface area contributed by atoms with Crippen molar-refractivity contribution < 1.29 is 14.7 Å². The highest BCUT2D eigenvalue weighted by atomic mass is 32.1. The molecule has 3 atom stereocenters. The van der Waals surface area contributed by atoms with Gasteiger partial charge in [-0.2, -0.15) is 0 Å². The van der Waals surface area contributed by atoms with Crippen LogP contribution in [0.25, 0.3) is 0 Å². The summed E-state index contributed by atoms with van der Waals surface area (Å²) < 4.78 is 0. The van der Waals surface area contributed by atoms with Crippen LogP contribution in [0.15, 0.2) is 54.7 Å². The molecule has 12 heteroatoms. The predicted octanol–water partition coefficient (Wildman–Crippen LogP) is 4.08. The lowest BCUT2D eigenvalue weighted by molar-refractivity contribution is -0.124. The molecule has 1 aliphatic rings. The van der Waals surface area contributed by atoms with Crippen molar-refractivity contribution in [3.8, 4) is 0 Å². The molecule has 190 valence electrons. The normalized spacial score (nSPS) is 18.2. The third kappa shape index (κ3) is 6.40. The number of nitrogens with one attached hydrogen (secondary N) is 2. The second kappa shape index (κ2) is 11.6. The number of rotatable bonds is 8. The van der Waals surface area contributed by atoms with Crippen LogP contribution in [0.4, 0.5) is 10.3 Å². The summed E-state index contributed by atoms with van der Waals surface area (Å²) in [5.41, 5.74) is 1.21. The SMILES string of the molecule is O=C(Cc1ccccn1)Nc1nnc([C@H]2CCC[C@H](c3nnc(NC(=O)[C@@H](O)c4ccccc4)s3)C2)s1. The van der Waals surface area contributed by atoms with Gasteiger partial charge < -0.3 is 10.4 Å². The fourth-order valence-corrected chi connectivity index (χ4v) is 6.13. The third-order valence-corrected chi connectivity index (χ3v) is 8.16.